The smallest absolute Gasteiger partial charge is 0.0594 e. The number of aliphatic hydroxyl groups excluding tert-OH is 2. The Morgan fingerprint density at radius 2 is 1.59 bits per heavy atom. The van der Waals surface area contributed by atoms with Crippen molar-refractivity contribution in [2.75, 3.05) is 6.61 Å². The molecule has 5 aliphatic carbocycles. The van der Waals surface area contributed by atoms with Crippen molar-refractivity contribution in [3.05, 3.63) is 11.6 Å². The van der Waals surface area contributed by atoms with Crippen molar-refractivity contribution in [2.45, 2.75) is 112 Å². The van der Waals surface area contributed by atoms with Gasteiger partial charge in [-0.2, -0.15) is 0 Å². The molecule has 0 aromatic heterocycles. The lowest BCUT2D eigenvalue weighted by Crippen LogP contribution is -2.67. The van der Waals surface area contributed by atoms with E-state index in [9.17, 15) is 10.2 Å². The quantitative estimate of drug-likeness (QED) is 0.429. The lowest BCUT2D eigenvalue weighted by atomic mass is 9.31. The number of hydrogen-bond donors (Lipinski definition) is 2. The van der Waals surface area contributed by atoms with E-state index in [1.54, 1.807) is 5.57 Å². The number of aliphatic hydroxyl groups is 2. The topological polar surface area (TPSA) is 40.5 Å². The molecular formula is C30H50O2. The maximum Gasteiger partial charge on any atom is 0.0594 e. The van der Waals surface area contributed by atoms with Crippen LogP contribution in [-0.2, 0) is 0 Å². The second kappa shape index (κ2) is 7.09. The minimum atomic E-state index is -0.144. The first kappa shape index (κ1) is 23.4. The Bertz CT molecular complexity index is 799. The predicted molar refractivity (Wildman–Crippen MR) is 132 cm³/mol. The van der Waals surface area contributed by atoms with Crippen LogP contribution in [0.5, 0.6) is 0 Å². The second-order valence-electron chi connectivity index (χ2n) is 14.5. The molecule has 0 bridgehead atoms. The lowest BCUT2D eigenvalue weighted by Gasteiger charge is -2.73. The van der Waals surface area contributed by atoms with Crippen LogP contribution in [0.25, 0.3) is 0 Å². The molecule has 2 nitrogen and oxygen atoms in total. The van der Waals surface area contributed by atoms with E-state index in [0.717, 1.165) is 24.7 Å². The molecule has 4 fully saturated rings. The third-order valence-corrected chi connectivity index (χ3v) is 13.6. The minimum absolute atomic E-state index is 0.0322. The van der Waals surface area contributed by atoms with Gasteiger partial charge in [-0.25, -0.2) is 0 Å². The van der Waals surface area contributed by atoms with Gasteiger partial charge in [0.15, 0.2) is 0 Å². The van der Waals surface area contributed by atoms with Crippen molar-refractivity contribution < 1.29 is 10.2 Å². The highest BCUT2D eigenvalue weighted by atomic mass is 16.3. The van der Waals surface area contributed by atoms with Gasteiger partial charge in [-0.3, -0.25) is 0 Å². The van der Waals surface area contributed by atoms with E-state index in [4.69, 9.17) is 0 Å². The number of rotatable bonds is 1. The van der Waals surface area contributed by atoms with Crippen LogP contribution in [-0.4, -0.2) is 22.9 Å². The summed E-state index contributed by atoms with van der Waals surface area (Å²) in [5, 5.41) is 21.6. The van der Waals surface area contributed by atoms with Gasteiger partial charge < -0.3 is 10.2 Å². The first-order valence-electron chi connectivity index (χ1n) is 13.8. The summed E-state index contributed by atoms with van der Waals surface area (Å²) in [6.45, 7) is 17.9. The molecule has 0 unspecified atom stereocenters. The monoisotopic (exact) mass is 442 g/mol. The van der Waals surface area contributed by atoms with Gasteiger partial charge in [0.05, 0.1) is 6.10 Å². The molecule has 0 aromatic rings. The lowest BCUT2D eigenvalue weighted by molar-refractivity contribution is -0.254. The van der Waals surface area contributed by atoms with E-state index < -0.39 is 0 Å². The van der Waals surface area contributed by atoms with Crippen molar-refractivity contribution in [3.8, 4) is 0 Å². The van der Waals surface area contributed by atoms with E-state index >= 15 is 0 Å². The maximum absolute atomic E-state index is 10.9. The molecule has 0 heterocycles. The summed E-state index contributed by atoms with van der Waals surface area (Å²) in [7, 11) is 0. The van der Waals surface area contributed by atoms with Crippen LogP contribution in [0.1, 0.15) is 106 Å². The molecule has 0 radical (unpaired) electrons. The van der Waals surface area contributed by atoms with Gasteiger partial charge in [-0.1, -0.05) is 53.2 Å². The summed E-state index contributed by atoms with van der Waals surface area (Å²) < 4.78 is 0. The van der Waals surface area contributed by atoms with Gasteiger partial charge >= 0.3 is 0 Å². The molecule has 10 atom stereocenters. The number of allylic oxidation sites excluding steroid dienone is 2. The third kappa shape index (κ3) is 2.66. The average molecular weight is 443 g/mol. The molecular weight excluding hydrogens is 392 g/mol. The summed E-state index contributed by atoms with van der Waals surface area (Å²) >= 11 is 0. The molecule has 0 amide bonds. The van der Waals surface area contributed by atoms with Crippen molar-refractivity contribution in [1.82, 2.24) is 0 Å². The highest BCUT2D eigenvalue weighted by molar-refractivity contribution is 5.23. The van der Waals surface area contributed by atoms with Crippen molar-refractivity contribution in [2.24, 2.45) is 56.7 Å². The van der Waals surface area contributed by atoms with Gasteiger partial charge in [0.1, 0.15) is 0 Å². The van der Waals surface area contributed by atoms with Gasteiger partial charge in [0.25, 0.3) is 0 Å². The van der Waals surface area contributed by atoms with E-state index in [1.165, 1.54) is 44.9 Å². The molecule has 5 aliphatic rings. The van der Waals surface area contributed by atoms with Crippen molar-refractivity contribution in [3.63, 3.8) is 0 Å². The zero-order valence-electron chi connectivity index (χ0n) is 22.0. The van der Waals surface area contributed by atoms with Crippen LogP contribution in [0, 0.1) is 56.7 Å². The van der Waals surface area contributed by atoms with Gasteiger partial charge in [-0.05, 0) is 116 Å². The summed E-state index contributed by atoms with van der Waals surface area (Å²) in [5.74, 6) is 3.35. The fourth-order valence-electron chi connectivity index (χ4n) is 11.3. The summed E-state index contributed by atoms with van der Waals surface area (Å²) in [6, 6.07) is 0. The summed E-state index contributed by atoms with van der Waals surface area (Å²) in [6.07, 6.45) is 13.3. The SMILES string of the molecule is CC1=CC[C@]2(CO)CC[C@]3(C)[C@H](CC[C@@H]4[C@@]5(C)CC[C@@H](O)C(C)(C)[C@@H]5CC[C@]43C)[C@H]2[C@@H]1C. The first-order chi connectivity index (χ1) is 14.9. The highest BCUT2D eigenvalue weighted by Gasteiger charge is 2.70. The molecule has 2 N–H and O–H groups in total. The largest absolute Gasteiger partial charge is 0.396 e. The second-order valence-corrected chi connectivity index (χ2v) is 14.5. The molecule has 0 spiro atoms. The molecule has 0 aliphatic heterocycles. The van der Waals surface area contributed by atoms with Gasteiger partial charge in [0.2, 0.25) is 0 Å². The van der Waals surface area contributed by atoms with Crippen LogP contribution in [0.2, 0.25) is 0 Å². The van der Waals surface area contributed by atoms with E-state index in [1.807, 2.05) is 0 Å². The van der Waals surface area contributed by atoms with Crippen LogP contribution in [0.4, 0.5) is 0 Å². The molecule has 4 saturated carbocycles. The Morgan fingerprint density at radius 3 is 2.28 bits per heavy atom. The van der Waals surface area contributed by atoms with Crippen LogP contribution in [0.3, 0.4) is 0 Å². The Labute approximate surface area is 197 Å². The Hall–Kier alpha value is -0.340. The minimum Gasteiger partial charge on any atom is -0.396 e. The zero-order chi connectivity index (χ0) is 23.3. The van der Waals surface area contributed by atoms with E-state index in [-0.39, 0.29) is 16.9 Å². The Balaban J connectivity index is 1.55. The summed E-state index contributed by atoms with van der Waals surface area (Å²) in [5.41, 5.74) is 2.79. The molecule has 182 valence electrons. The van der Waals surface area contributed by atoms with Gasteiger partial charge in [-0.15, -0.1) is 0 Å². The first-order valence-corrected chi connectivity index (χ1v) is 13.8. The fraction of sp³-hybridized carbons (Fsp3) is 0.933. The van der Waals surface area contributed by atoms with Gasteiger partial charge in [0, 0.05) is 12.0 Å². The fourth-order valence-corrected chi connectivity index (χ4v) is 11.3. The van der Waals surface area contributed by atoms with Crippen LogP contribution < -0.4 is 0 Å². The number of hydrogen-bond acceptors (Lipinski definition) is 2. The van der Waals surface area contributed by atoms with E-state index in [0.29, 0.717) is 40.6 Å². The standard InChI is InChI=1S/C30H50O2/c1-19-10-15-30(18-31)17-16-28(6)21(25(30)20(19)2)8-9-23-27(5)13-12-24(32)26(3,4)22(27)11-14-29(23,28)7/h10,20-25,31-32H,8-9,11-18H2,1-7H3/t20-,21-,22+,23-,24-,25-,27+,28-,29-,30-/m1/s1. The molecule has 5 rings (SSSR count). The predicted octanol–water partition coefficient (Wildman–Crippen LogP) is 7.00. The number of fused-ring (bicyclic) bond motifs is 7. The molecule has 32 heavy (non-hydrogen) atoms. The maximum atomic E-state index is 10.9. The van der Waals surface area contributed by atoms with Crippen LogP contribution in [0.15, 0.2) is 11.6 Å². The molecule has 2 heteroatoms. The summed E-state index contributed by atoms with van der Waals surface area (Å²) in [4.78, 5) is 0. The van der Waals surface area contributed by atoms with Crippen LogP contribution >= 0.6 is 0 Å². The zero-order valence-corrected chi connectivity index (χ0v) is 22.0. The Kier molecular flexibility index (Phi) is 5.19. The van der Waals surface area contributed by atoms with E-state index in [2.05, 4.69) is 54.5 Å². The third-order valence-electron chi connectivity index (χ3n) is 13.6. The van der Waals surface area contributed by atoms with Crippen molar-refractivity contribution >= 4 is 0 Å². The Morgan fingerprint density at radius 1 is 0.875 bits per heavy atom. The average Bonchev–Trinajstić information content (AvgIpc) is 2.74. The molecule has 0 aromatic carbocycles. The normalized spacial score (nSPS) is 56.8. The highest BCUT2D eigenvalue weighted by Crippen LogP contribution is 2.76. The van der Waals surface area contributed by atoms with Crippen molar-refractivity contribution in [1.29, 1.82) is 0 Å². The molecule has 0 saturated heterocycles.